The van der Waals surface area contributed by atoms with Crippen molar-refractivity contribution in [2.75, 3.05) is 5.73 Å². The molecule has 1 aromatic heterocycles. The summed E-state index contributed by atoms with van der Waals surface area (Å²) in [6, 6.07) is 6.00. The van der Waals surface area contributed by atoms with Crippen molar-refractivity contribution in [3.63, 3.8) is 0 Å². The molecule has 1 unspecified atom stereocenters. The quantitative estimate of drug-likeness (QED) is 0.916. The lowest BCUT2D eigenvalue weighted by atomic mass is 10.0. The Morgan fingerprint density at radius 1 is 1.39 bits per heavy atom. The average Bonchev–Trinajstić information content (AvgIpc) is 2.31. The molecule has 1 heterocycles. The Labute approximate surface area is 113 Å². The fourth-order valence-electron chi connectivity index (χ4n) is 1.70. The van der Waals surface area contributed by atoms with Gasteiger partial charge in [0.05, 0.1) is 6.10 Å². The minimum atomic E-state index is -0.816. The van der Waals surface area contributed by atoms with Crippen molar-refractivity contribution in [1.82, 2.24) is 4.98 Å². The van der Waals surface area contributed by atoms with Gasteiger partial charge in [-0.1, -0.05) is 15.9 Å². The van der Waals surface area contributed by atoms with Gasteiger partial charge in [0.2, 0.25) is 0 Å². The van der Waals surface area contributed by atoms with E-state index in [4.69, 9.17) is 5.73 Å². The monoisotopic (exact) mass is 310 g/mol. The summed E-state index contributed by atoms with van der Waals surface area (Å²) in [5.74, 6) is -0.391. The second-order valence-corrected chi connectivity index (χ2v) is 4.91. The predicted molar refractivity (Wildman–Crippen MR) is 71.4 cm³/mol. The molecule has 18 heavy (non-hydrogen) atoms. The molecule has 0 spiro atoms. The summed E-state index contributed by atoms with van der Waals surface area (Å²) in [5, 5.41) is 10.1. The molecule has 3 N–H and O–H groups in total. The van der Waals surface area contributed by atoms with E-state index in [0.29, 0.717) is 22.1 Å². The van der Waals surface area contributed by atoms with Crippen LogP contribution in [0.25, 0.3) is 0 Å². The lowest BCUT2D eigenvalue weighted by Crippen LogP contribution is -2.05. The minimum Gasteiger partial charge on any atom is -0.398 e. The molecule has 0 bridgehead atoms. The molecule has 2 rings (SSSR count). The third-order valence-corrected chi connectivity index (χ3v) is 3.08. The molecule has 0 radical (unpaired) electrons. The zero-order valence-corrected chi connectivity index (χ0v) is 11.1. The van der Waals surface area contributed by atoms with Crippen molar-refractivity contribution in [2.45, 2.75) is 12.5 Å². The molecule has 3 nitrogen and oxygen atoms in total. The predicted octanol–water partition coefficient (Wildman–Crippen LogP) is 2.84. The Balaban J connectivity index is 2.22. The maximum atomic E-state index is 13.2. The molecule has 0 aliphatic heterocycles. The van der Waals surface area contributed by atoms with Crippen molar-refractivity contribution in [3.8, 4) is 0 Å². The SMILES string of the molecule is Nc1ccncc1CC(O)c1cc(F)cc(Br)c1. The van der Waals surface area contributed by atoms with Gasteiger partial charge >= 0.3 is 0 Å². The maximum absolute atomic E-state index is 13.2. The third kappa shape index (κ3) is 3.05. The highest BCUT2D eigenvalue weighted by molar-refractivity contribution is 9.10. The van der Waals surface area contributed by atoms with E-state index in [1.165, 1.54) is 12.1 Å². The number of aliphatic hydroxyl groups is 1. The number of nitrogens with two attached hydrogens (primary N) is 1. The van der Waals surface area contributed by atoms with Crippen LogP contribution in [0.15, 0.2) is 41.1 Å². The number of anilines is 1. The van der Waals surface area contributed by atoms with Crippen LogP contribution < -0.4 is 5.73 Å². The second-order valence-electron chi connectivity index (χ2n) is 4.00. The first-order valence-electron chi connectivity index (χ1n) is 5.38. The number of rotatable bonds is 3. The highest BCUT2D eigenvalue weighted by atomic mass is 79.9. The Morgan fingerprint density at radius 3 is 2.83 bits per heavy atom. The summed E-state index contributed by atoms with van der Waals surface area (Å²) in [7, 11) is 0. The summed E-state index contributed by atoms with van der Waals surface area (Å²) in [4.78, 5) is 3.95. The van der Waals surface area contributed by atoms with Crippen LogP contribution in [0.1, 0.15) is 17.2 Å². The van der Waals surface area contributed by atoms with Crippen LogP contribution in [0.3, 0.4) is 0 Å². The minimum absolute atomic E-state index is 0.301. The first-order chi connectivity index (χ1) is 8.56. The molecule has 1 atom stereocenters. The largest absolute Gasteiger partial charge is 0.398 e. The average molecular weight is 311 g/mol. The molecule has 0 fully saturated rings. The fraction of sp³-hybridized carbons (Fsp3) is 0.154. The van der Waals surface area contributed by atoms with Crippen molar-refractivity contribution >= 4 is 21.6 Å². The zero-order valence-electron chi connectivity index (χ0n) is 9.48. The van der Waals surface area contributed by atoms with Gasteiger partial charge in [0.15, 0.2) is 0 Å². The summed E-state index contributed by atoms with van der Waals surface area (Å²) in [6.07, 6.45) is 2.68. The highest BCUT2D eigenvalue weighted by Crippen LogP contribution is 2.24. The van der Waals surface area contributed by atoms with E-state index in [1.807, 2.05) is 0 Å². The number of hydrogen-bond acceptors (Lipinski definition) is 3. The molecule has 0 aliphatic rings. The van der Waals surface area contributed by atoms with E-state index in [9.17, 15) is 9.50 Å². The molecule has 0 amide bonds. The van der Waals surface area contributed by atoms with Crippen LogP contribution in [-0.4, -0.2) is 10.1 Å². The number of nitrogens with zero attached hydrogens (tertiary/aromatic N) is 1. The van der Waals surface area contributed by atoms with Gasteiger partial charge in [-0.2, -0.15) is 0 Å². The number of aromatic nitrogens is 1. The Hall–Kier alpha value is -1.46. The summed E-state index contributed by atoms with van der Waals surface area (Å²) in [5.41, 5.74) is 7.59. The Kier molecular flexibility index (Phi) is 3.93. The zero-order chi connectivity index (χ0) is 13.1. The number of hydrogen-bond donors (Lipinski definition) is 2. The normalized spacial score (nSPS) is 12.4. The van der Waals surface area contributed by atoms with Gasteiger partial charge in [-0.15, -0.1) is 0 Å². The molecule has 0 aliphatic carbocycles. The molecule has 5 heteroatoms. The standard InChI is InChI=1S/C13H12BrFN2O/c14-10-3-8(4-11(15)6-10)13(18)5-9-7-17-2-1-12(9)16/h1-4,6-7,13,18H,5H2,(H2,16,17). The van der Waals surface area contributed by atoms with Gasteiger partial charge in [0.25, 0.3) is 0 Å². The van der Waals surface area contributed by atoms with Crippen molar-refractivity contribution < 1.29 is 9.50 Å². The van der Waals surface area contributed by atoms with Crippen LogP contribution in [-0.2, 0) is 6.42 Å². The van der Waals surface area contributed by atoms with Crippen LogP contribution in [0, 0.1) is 5.82 Å². The molecule has 94 valence electrons. The Bertz CT molecular complexity index is 542. The first kappa shape index (κ1) is 13.0. The van der Waals surface area contributed by atoms with Crippen molar-refractivity contribution in [2.24, 2.45) is 0 Å². The van der Waals surface area contributed by atoms with Gasteiger partial charge in [-0.25, -0.2) is 4.39 Å². The molecule has 1 aromatic carbocycles. The van der Waals surface area contributed by atoms with E-state index in [2.05, 4.69) is 20.9 Å². The van der Waals surface area contributed by atoms with Gasteiger partial charge in [0, 0.05) is 29.0 Å². The molecule has 2 aromatic rings. The molecule has 0 saturated heterocycles. The number of aliphatic hydroxyl groups excluding tert-OH is 1. The van der Waals surface area contributed by atoms with Crippen molar-refractivity contribution in [3.05, 3.63) is 58.1 Å². The van der Waals surface area contributed by atoms with E-state index >= 15 is 0 Å². The lowest BCUT2D eigenvalue weighted by molar-refractivity contribution is 0.178. The summed E-state index contributed by atoms with van der Waals surface area (Å²) in [6.45, 7) is 0. The third-order valence-electron chi connectivity index (χ3n) is 2.62. The van der Waals surface area contributed by atoms with Crippen LogP contribution in [0.5, 0.6) is 0 Å². The number of pyridine rings is 1. The molecular formula is C13H12BrFN2O. The van der Waals surface area contributed by atoms with Gasteiger partial charge in [0.1, 0.15) is 5.82 Å². The highest BCUT2D eigenvalue weighted by Gasteiger charge is 2.12. The summed E-state index contributed by atoms with van der Waals surface area (Å²) >= 11 is 3.19. The topological polar surface area (TPSA) is 59.1 Å². The van der Waals surface area contributed by atoms with Crippen molar-refractivity contribution in [1.29, 1.82) is 0 Å². The second kappa shape index (κ2) is 5.46. The van der Waals surface area contributed by atoms with Gasteiger partial charge in [-0.3, -0.25) is 4.98 Å². The van der Waals surface area contributed by atoms with Crippen LogP contribution in [0.2, 0.25) is 0 Å². The fourth-order valence-corrected chi connectivity index (χ4v) is 2.19. The Morgan fingerprint density at radius 2 is 2.17 bits per heavy atom. The lowest BCUT2D eigenvalue weighted by Gasteiger charge is -2.13. The van der Waals surface area contributed by atoms with Crippen LogP contribution in [0.4, 0.5) is 10.1 Å². The van der Waals surface area contributed by atoms with Crippen LogP contribution >= 0.6 is 15.9 Å². The van der Waals surface area contributed by atoms with Gasteiger partial charge in [-0.05, 0) is 35.4 Å². The number of nitrogen functional groups attached to an aromatic ring is 1. The van der Waals surface area contributed by atoms with Gasteiger partial charge < -0.3 is 10.8 Å². The molecular weight excluding hydrogens is 299 g/mol. The maximum Gasteiger partial charge on any atom is 0.124 e. The smallest absolute Gasteiger partial charge is 0.124 e. The molecule has 0 saturated carbocycles. The van der Waals surface area contributed by atoms with E-state index < -0.39 is 11.9 Å². The van der Waals surface area contributed by atoms with E-state index in [1.54, 1.807) is 24.5 Å². The van der Waals surface area contributed by atoms with E-state index in [0.717, 1.165) is 5.56 Å². The summed E-state index contributed by atoms with van der Waals surface area (Å²) < 4.78 is 13.8. The number of benzene rings is 1. The first-order valence-corrected chi connectivity index (χ1v) is 6.18. The number of halogens is 2. The van der Waals surface area contributed by atoms with E-state index in [-0.39, 0.29) is 0 Å².